The van der Waals surface area contributed by atoms with Crippen LogP contribution in [-0.4, -0.2) is 47.0 Å². The van der Waals surface area contributed by atoms with Crippen molar-refractivity contribution in [2.75, 3.05) is 31.1 Å². The molecule has 3 rings (SSSR count). The van der Waals surface area contributed by atoms with Gasteiger partial charge in [-0.15, -0.1) is 0 Å². The molecule has 0 N–H and O–H groups in total. The number of aromatic nitrogens is 2. The molecule has 2 heterocycles. The van der Waals surface area contributed by atoms with Gasteiger partial charge in [-0.25, -0.2) is 9.97 Å². The molecule has 1 saturated heterocycles. The van der Waals surface area contributed by atoms with E-state index in [-0.39, 0.29) is 11.8 Å². The molecule has 5 nitrogen and oxygen atoms in total. The Morgan fingerprint density at radius 2 is 1.64 bits per heavy atom. The van der Waals surface area contributed by atoms with E-state index in [9.17, 15) is 4.79 Å². The summed E-state index contributed by atoms with van der Waals surface area (Å²) in [7, 11) is 0. The number of anilines is 1. The fraction of sp³-hybridized carbons (Fsp3) is 0.450. The third kappa shape index (κ3) is 3.98. The molecule has 1 amide bonds. The van der Waals surface area contributed by atoms with Crippen molar-refractivity contribution in [1.29, 1.82) is 0 Å². The van der Waals surface area contributed by atoms with Crippen LogP contribution in [0.2, 0.25) is 0 Å². The molecule has 5 heteroatoms. The van der Waals surface area contributed by atoms with Gasteiger partial charge >= 0.3 is 0 Å². The number of nitrogens with zero attached hydrogens (tertiary/aromatic N) is 4. The molecule has 25 heavy (non-hydrogen) atoms. The van der Waals surface area contributed by atoms with Crippen LogP contribution in [0.1, 0.15) is 25.1 Å². The number of rotatable bonds is 3. The van der Waals surface area contributed by atoms with Crippen molar-refractivity contribution in [3.8, 4) is 11.4 Å². The van der Waals surface area contributed by atoms with Gasteiger partial charge in [0.25, 0.3) is 0 Å². The van der Waals surface area contributed by atoms with Crippen molar-refractivity contribution in [1.82, 2.24) is 14.9 Å². The molecular formula is C20H26N4O. The summed E-state index contributed by atoms with van der Waals surface area (Å²) < 4.78 is 0. The second kappa shape index (κ2) is 7.21. The van der Waals surface area contributed by atoms with Crippen LogP contribution in [0.15, 0.2) is 30.3 Å². The van der Waals surface area contributed by atoms with E-state index in [2.05, 4.69) is 41.1 Å². The summed E-state index contributed by atoms with van der Waals surface area (Å²) >= 11 is 0. The molecular weight excluding hydrogens is 312 g/mol. The molecule has 2 aromatic rings. The van der Waals surface area contributed by atoms with E-state index >= 15 is 0 Å². The van der Waals surface area contributed by atoms with E-state index in [4.69, 9.17) is 4.98 Å². The van der Waals surface area contributed by atoms with Crippen LogP contribution in [0.5, 0.6) is 0 Å². The Balaban J connectivity index is 1.77. The topological polar surface area (TPSA) is 49.3 Å². The largest absolute Gasteiger partial charge is 0.353 e. The van der Waals surface area contributed by atoms with Gasteiger partial charge in [0.1, 0.15) is 5.82 Å². The van der Waals surface area contributed by atoms with Crippen LogP contribution in [-0.2, 0) is 4.79 Å². The summed E-state index contributed by atoms with van der Waals surface area (Å²) in [6.45, 7) is 11.1. The van der Waals surface area contributed by atoms with E-state index in [1.165, 1.54) is 5.56 Å². The number of carbonyl (C=O) groups is 1. The molecule has 1 aliphatic heterocycles. The fourth-order valence-electron chi connectivity index (χ4n) is 3.07. The van der Waals surface area contributed by atoms with E-state index in [1.807, 2.05) is 31.7 Å². The maximum Gasteiger partial charge on any atom is 0.225 e. The molecule has 0 unspecified atom stereocenters. The highest BCUT2D eigenvalue weighted by Gasteiger charge is 2.24. The fourth-order valence-corrected chi connectivity index (χ4v) is 3.07. The maximum absolute atomic E-state index is 12.1. The molecule has 1 aromatic heterocycles. The average Bonchev–Trinajstić information content (AvgIpc) is 2.61. The number of amides is 1. The lowest BCUT2D eigenvalue weighted by Crippen LogP contribution is -2.50. The molecule has 0 radical (unpaired) electrons. The Kier molecular flexibility index (Phi) is 5.02. The van der Waals surface area contributed by atoms with E-state index in [0.717, 1.165) is 49.1 Å². The molecule has 1 aromatic carbocycles. The summed E-state index contributed by atoms with van der Waals surface area (Å²) in [5, 5.41) is 0. The minimum atomic E-state index is 0.0565. The summed E-state index contributed by atoms with van der Waals surface area (Å²) in [5.41, 5.74) is 3.22. The van der Waals surface area contributed by atoms with E-state index < -0.39 is 0 Å². The van der Waals surface area contributed by atoms with Gasteiger partial charge in [-0.05, 0) is 13.8 Å². The number of aryl methyl sites for hydroxylation is 2. The number of hydrogen-bond donors (Lipinski definition) is 0. The smallest absolute Gasteiger partial charge is 0.225 e. The van der Waals surface area contributed by atoms with Crippen LogP contribution < -0.4 is 4.90 Å². The quantitative estimate of drug-likeness (QED) is 0.863. The van der Waals surface area contributed by atoms with Gasteiger partial charge < -0.3 is 9.80 Å². The Bertz CT molecular complexity index is 747. The zero-order chi connectivity index (χ0) is 18.0. The third-order valence-electron chi connectivity index (χ3n) is 4.56. The lowest BCUT2D eigenvalue weighted by molar-refractivity contribution is -0.134. The first-order valence-electron chi connectivity index (χ1n) is 8.90. The first-order chi connectivity index (χ1) is 11.9. The summed E-state index contributed by atoms with van der Waals surface area (Å²) in [4.78, 5) is 25.7. The van der Waals surface area contributed by atoms with Crippen LogP contribution in [0.25, 0.3) is 11.4 Å². The zero-order valence-corrected chi connectivity index (χ0v) is 15.5. The minimum absolute atomic E-state index is 0.0565. The van der Waals surface area contributed by atoms with Crippen LogP contribution >= 0.6 is 0 Å². The maximum atomic E-state index is 12.1. The second-order valence-electron chi connectivity index (χ2n) is 7.02. The number of piperazine rings is 1. The van der Waals surface area contributed by atoms with Crippen molar-refractivity contribution in [2.24, 2.45) is 5.92 Å². The van der Waals surface area contributed by atoms with Gasteiger partial charge in [0, 0.05) is 49.4 Å². The molecule has 0 saturated carbocycles. The van der Waals surface area contributed by atoms with Crippen LogP contribution in [0.4, 0.5) is 5.82 Å². The monoisotopic (exact) mass is 338 g/mol. The number of benzene rings is 1. The Labute approximate surface area is 149 Å². The van der Waals surface area contributed by atoms with Gasteiger partial charge in [0.2, 0.25) is 5.91 Å². The average molecular weight is 338 g/mol. The molecule has 0 atom stereocenters. The Morgan fingerprint density at radius 1 is 1.00 bits per heavy atom. The minimum Gasteiger partial charge on any atom is -0.353 e. The summed E-state index contributed by atoms with van der Waals surface area (Å²) in [6, 6.07) is 10.3. The van der Waals surface area contributed by atoms with Crippen molar-refractivity contribution in [3.63, 3.8) is 0 Å². The lowest BCUT2D eigenvalue weighted by atomic mass is 10.1. The molecule has 0 aliphatic carbocycles. The van der Waals surface area contributed by atoms with Crippen LogP contribution in [0.3, 0.4) is 0 Å². The van der Waals surface area contributed by atoms with Gasteiger partial charge in [0.05, 0.1) is 0 Å². The van der Waals surface area contributed by atoms with Crippen LogP contribution in [0, 0.1) is 19.8 Å². The van der Waals surface area contributed by atoms with Crippen molar-refractivity contribution >= 4 is 11.7 Å². The van der Waals surface area contributed by atoms with Gasteiger partial charge in [-0.3, -0.25) is 4.79 Å². The third-order valence-corrected chi connectivity index (χ3v) is 4.56. The molecule has 0 spiro atoms. The van der Waals surface area contributed by atoms with E-state index in [1.54, 1.807) is 0 Å². The lowest BCUT2D eigenvalue weighted by Gasteiger charge is -2.36. The second-order valence-corrected chi connectivity index (χ2v) is 7.02. The van der Waals surface area contributed by atoms with E-state index in [0.29, 0.717) is 0 Å². The molecule has 1 fully saturated rings. The Morgan fingerprint density at radius 3 is 2.24 bits per heavy atom. The standard InChI is InChI=1S/C20H26N4O/c1-14(2)20(25)24-11-9-23(10-12-24)18-13-16(4)21-19(22-18)17-7-5-15(3)6-8-17/h5-8,13-14H,9-12H2,1-4H3. The Hall–Kier alpha value is -2.43. The van der Waals surface area contributed by atoms with Gasteiger partial charge in [-0.2, -0.15) is 0 Å². The number of hydrogen-bond acceptors (Lipinski definition) is 4. The molecule has 132 valence electrons. The summed E-state index contributed by atoms with van der Waals surface area (Å²) in [6.07, 6.45) is 0. The number of carbonyl (C=O) groups excluding carboxylic acids is 1. The molecule has 1 aliphatic rings. The van der Waals surface area contributed by atoms with Gasteiger partial charge in [0.15, 0.2) is 5.82 Å². The molecule has 0 bridgehead atoms. The highest BCUT2D eigenvalue weighted by molar-refractivity contribution is 5.78. The van der Waals surface area contributed by atoms with Crippen molar-refractivity contribution < 1.29 is 4.79 Å². The highest BCUT2D eigenvalue weighted by Crippen LogP contribution is 2.22. The highest BCUT2D eigenvalue weighted by atomic mass is 16.2. The van der Waals surface area contributed by atoms with Gasteiger partial charge in [-0.1, -0.05) is 43.7 Å². The predicted molar refractivity (Wildman–Crippen MR) is 101 cm³/mol. The normalized spacial score (nSPS) is 14.9. The zero-order valence-electron chi connectivity index (χ0n) is 15.5. The SMILES string of the molecule is Cc1ccc(-c2nc(C)cc(N3CCN(C(=O)C(C)C)CC3)n2)cc1. The predicted octanol–water partition coefficient (Wildman–Crippen LogP) is 3.07. The first kappa shape index (κ1) is 17.4. The first-order valence-corrected chi connectivity index (χ1v) is 8.90. The van der Waals surface area contributed by atoms with Crippen molar-refractivity contribution in [3.05, 3.63) is 41.6 Å². The summed E-state index contributed by atoms with van der Waals surface area (Å²) in [5.74, 6) is 2.00. The van der Waals surface area contributed by atoms with Crippen molar-refractivity contribution in [2.45, 2.75) is 27.7 Å².